The van der Waals surface area contributed by atoms with Gasteiger partial charge in [-0.2, -0.15) is 23.1 Å². The average Bonchev–Trinajstić information content (AvgIpc) is 2.37. The van der Waals surface area contributed by atoms with Crippen molar-refractivity contribution in [3.05, 3.63) is 29.8 Å². The van der Waals surface area contributed by atoms with Crippen LogP contribution in [0.2, 0.25) is 0 Å². The highest BCUT2D eigenvalue weighted by atomic mass is 32.2. The van der Waals surface area contributed by atoms with Crippen LogP contribution in [0.25, 0.3) is 11.4 Å². The number of hydrogen-bond donors (Lipinski definition) is 1. The third kappa shape index (κ3) is 2.95. The lowest BCUT2D eigenvalue weighted by Gasteiger charge is -2.11. The molecule has 4 nitrogen and oxygen atoms in total. The molecular weight excluding hydrogens is 277 g/mol. The molecule has 0 bridgehead atoms. The van der Waals surface area contributed by atoms with Crippen molar-refractivity contribution in [2.45, 2.75) is 11.3 Å². The second-order valence-corrected chi connectivity index (χ2v) is 4.32. The van der Waals surface area contributed by atoms with Crippen molar-refractivity contribution >= 4 is 17.7 Å². The second-order valence-electron chi connectivity index (χ2n) is 3.55. The van der Waals surface area contributed by atoms with Crippen LogP contribution in [0.15, 0.2) is 29.4 Å². The van der Waals surface area contributed by atoms with Crippen molar-refractivity contribution in [1.29, 1.82) is 0 Å². The number of alkyl halides is 3. The number of nitrogens with two attached hydrogens (primary N) is 1. The number of rotatable bonds is 2. The van der Waals surface area contributed by atoms with Gasteiger partial charge in [0.25, 0.3) is 0 Å². The Hall–Kier alpha value is -1.83. The van der Waals surface area contributed by atoms with Gasteiger partial charge in [-0.05, 0) is 12.3 Å². The lowest BCUT2D eigenvalue weighted by molar-refractivity contribution is -0.137. The van der Waals surface area contributed by atoms with Crippen LogP contribution in [0.3, 0.4) is 0 Å². The summed E-state index contributed by atoms with van der Waals surface area (Å²) in [4.78, 5) is 11.5. The zero-order chi connectivity index (χ0) is 14.0. The zero-order valence-corrected chi connectivity index (χ0v) is 10.6. The lowest BCUT2D eigenvalue weighted by Crippen LogP contribution is -2.09. The topological polar surface area (TPSA) is 64.7 Å². The molecule has 19 heavy (non-hydrogen) atoms. The van der Waals surface area contributed by atoms with Gasteiger partial charge >= 0.3 is 6.18 Å². The summed E-state index contributed by atoms with van der Waals surface area (Å²) in [6, 6.07) is 5.09. The Morgan fingerprint density at radius 2 is 1.79 bits per heavy atom. The smallest absolute Gasteiger partial charge is 0.368 e. The Kier molecular flexibility index (Phi) is 3.61. The van der Waals surface area contributed by atoms with Crippen molar-refractivity contribution in [2.24, 2.45) is 0 Å². The number of nitrogens with zero attached hydrogens (tertiary/aromatic N) is 3. The SMILES string of the molecule is CSc1nc(N)nc(-c2ccccc2C(F)(F)F)n1. The van der Waals surface area contributed by atoms with E-state index in [-0.39, 0.29) is 22.5 Å². The highest BCUT2D eigenvalue weighted by Gasteiger charge is 2.34. The van der Waals surface area contributed by atoms with E-state index in [0.717, 1.165) is 6.07 Å². The molecule has 100 valence electrons. The first-order chi connectivity index (χ1) is 8.91. The van der Waals surface area contributed by atoms with Crippen LogP contribution in [0.4, 0.5) is 19.1 Å². The van der Waals surface area contributed by atoms with Crippen molar-refractivity contribution in [1.82, 2.24) is 15.0 Å². The molecule has 1 heterocycles. The van der Waals surface area contributed by atoms with Crippen molar-refractivity contribution < 1.29 is 13.2 Å². The fourth-order valence-electron chi connectivity index (χ4n) is 1.51. The Morgan fingerprint density at radius 1 is 1.11 bits per heavy atom. The Labute approximate surface area is 111 Å². The molecule has 0 amide bonds. The van der Waals surface area contributed by atoms with Gasteiger partial charge in [-0.1, -0.05) is 30.0 Å². The van der Waals surface area contributed by atoms with E-state index in [1.54, 1.807) is 6.26 Å². The van der Waals surface area contributed by atoms with Gasteiger partial charge in [0.15, 0.2) is 11.0 Å². The van der Waals surface area contributed by atoms with Crippen LogP contribution in [0, 0.1) is 0 Å². The fraction of sp³-hybridized carbons (Fsp3) is 0.182. The molecule has 8 heteroatoms. The summed E-state index contributed by atoms with van der Waals surface area (Å²) in [7, 11) is 0. The maximum Gasteiger partial charge on any atom is 0.417 e. The standard InChI is InChI=1S/C11H9F3N4S/c1-19-10-17-8(16-9(15)18-10)6-4-2-3-5-7(6)11(12,13)14/h2-5H,1H3,(H2,15,16,17,18). The van der Waals surface area contributed by atoms with Gasteiger partial charge in [-0.15, -0.1) is 0 Å². The third-order valence-electron chi connectivity index (χ3n) is 2.29. The average molecular weight is 286 g/mol. The van der Waals surface area contributed by atoms with Crippen LogP contribution in [-0.2, 0) is 6.18 Å². The summed E-state index contributed by atoms with van der Waals surface area (Å²) >= 11 is 1.18. The number of anilines is 1. The summed E-state index contributed by atoms with van der Waals surface area (Å²) in [6.45, 7) is 0. The molecule has 0 saturated carbocycles. The van der Waals surface area contributed by atoms with Crippen molar-refractivity contribution in [3.63, 3.8) is 0 Å². The summed E-state index contributed by atoms with van der Waals surface area (Å²) < 4.78 is 38.7. The van der Waals surface area contributed by atoms with E-state index in [9.17, 15) is 13.2 Å². The quantitative estimate of drug-likeness (QED) is 0.860. The molecule has 0 spiro atoms. The lowest BCUT2D eigenvalue weighted by atomic mass is 10.1. The first-order valence-corrected chi connectivity index (χ1v) is 6.36. The van der Waals surface area contributed by atoms with Gasteiger partial charge in [0.05, 0.1) is 5.56 Å². The normalized spacial score (nSPS) is 11.6. The molecule has 2 aromatic rings. The first-order valence-electron chi connectivity index (χ1n) is 5.14. The van der Waals surface area contributed by atoms with Crippen molar-refractivity contribution in [2.75, 3.05) is 12.0 Å². The van der Waals surface area contributed by atoms with Crippen LogP contribution in [0.1, 0.15) is 5.56 Å². The van der Waals surface area contributed by atoms with Crippen molar-refractivity contribution in [3.8, 4) is 11.4 Å². The number of aromatic nitrogens is 3. The van der Waals surface area contributed by atoms with Gasteiger partial charge in [0, 0.05) is 5.56 Å². The highest BCUT2D eigenvalue weighted by molar-refractivity contribution is 7.98. The van der Waals surface area contributed by atoms with Gasteiger partial charge in [0.1, 0.15) is 0 Å². The third-order valence-corrected chi connectivity index (χ3v) is 2.84. The largest absolute Gasteiger partial charge is 0.417 e. The van der Waals surface area contributed by atoms with Gasteiger partial charge in [-0.3, -0.25) is 0 Å². The van der Waals surface area contributed by atoms with Crippen LogP contribution in [0.5, 0.6) is 0 Å². The molecule has 0 atom stereocenters. The monoisotopic (exact) mass is 286 g/mol. The van der Waals surface area contributed by atoms with Crippen LogP contribution >= 0.6 is 11.8 Å². The number of halogens is 3. The minimum absolute atomic E-state index is 0.0789. The molecule has 0 aliphatic heterocycles. The fourth-order valence-corrected chi connectivity index (χ4v) is 1.87. The molecule has 0 radical (unpaired) electrons. The van der Waals surface area contributed by atoms with E-state index in [2.05, 4.69) is 15.0 Å². The van der Waals surface area contributed by atoms with E-state index in [1.165, 1.54) is 30.0 Å². The molecule has 2 rings (SSSR count). The van der Waals surface area contributed by atoms with E-state index in [4.69, 9.17) is 5.73 Å². The van der Waals surface area contributed by atoms with Gasteiger partial charge in [-0.25, -0.2) is 4.98 Å². The van der Waals surface area contributed by atoms with E-state index in [0.29, 0.717) is 0 Å². The molecule has 0 aliphatic carbocycles. The van der Waals surface area contributed by atoms with E-state index < -0.39 is 11.7 Å². The van der Waals surface area contributed by atoms with Crippen LogP contribution < -0.4 is 5.73 Å². The molecule has 0 unspecified atom stereocenters. The van der Waals surface area contributed by atoms with E-state index >= 15 is 0 Å². The predicted molar refractivity (Wildman–Crippen MR) is 66.5 cm³/mol. The number of benzene rings is 1. The minimum atomic E-state index is -4.47. The molecule has 2 N–H and O–H groups in total. The molecular formula is C11H9F3N4S. The highest BCUT2D eigenvalue weighted by Crippen LogP contribution is 2.35. The summed E-state index contributed by atoms with van der Waals surface area (Å²) in [5.74, 6) is -0.184. The number of nitrogen functional groups attached to an aromatic ring is 1. The Morgan fingerprint density at radius 3 is 2.42 bits per heavy atom. The Bertz CT molecular complexity index is 601. The maximum absolute atomic E-state index is 12.9. The number of hydrogen-bond acceptors (Lipinski definition) is 5. The molecule has 0 saturated heterocycles. The maximum atomic E-state index is 12.9. The predicted octanol–water partition coefficient (Wildman–Crippen LogP) is 2.86. The molecule has 0 fully saturated rings. The molecule has 1 aromatic carbocycles. The summed E-state index contributed by atoms with van der Waals surface area (Å²) in [5, 5.41) is 0.277. The summed E-state index contributed by atoms with van der Waals surface area (Å²) in [6.07, 6.45) is -2.77. The van der Waals surface area contributed by atoms with Gasteiger partial charge < -0.3 is 5.73 Å². The minimum Gasteiger partial charge on any atom is -0.368 e. The van der Waals surface area contributed by atoms with E-state index in [1.807, 2.05) is 0 Å². The zero-order valence-electron chi connectivity index (χ0n) is 9.77. The number of thioether (sulfide) groups is 1. The first kappa shape index (κ1) is 13.6. The Balaban J connectivity index is 2.62. The second kappa shape index (κ2) is 5.04. The molecule has 0 aliphatic rings. The summed E-state index contributed by atoms with van der Waals surface area (Å²) in [5.41, 5.74) is 4.56. The molecule has 1 aromatic heterocycles. The van der Waals surface area contributed by atoms with Gasteiger partial charge in [0.2, 0.25) is 5.95 Å². The van der Waals surface area contributed by atoms with Crippen LogP contribution in [-0.4, -0.2) is 21.2 Å².